The third kappa shape index (κ3) is 5.57. The van der Waals surface area contributed by atoms with Crippen molar-refractivity contribution in [1.29, 1.82) is 0 Å². The molecule has 0 radical (unpaired) electrons. The molecule has 1 saturated heterocycles. The van der Waals surface area contributed by atoms with Crippen LogP contribution < -0.4 is 10.1 Å². The minimum atomic E-state index is -0.282. The van der Waals surface area contributed by atoms with Crippen LogP contribution in [-0.4, -0.2) is 35.5 Å². The average molecular weight is 400 g/mol. The van der Waals surface area contributed by atoms with Gasteiger partial charge in [0, 0.05) is 23.0 Å². The molecule has 0 spiro atoms. The normalized spacial score (nSPS) is 15.1. The number of piperidine rings is 1. The third-order valence-electron chi connectivity index (χ3n) is 3.88. The number of carbonyl (C=O) groups is 1. The van der Waals surface area contributed by atoms with Gasteiger partial charge in [-0.3, -0.25) is 15.0 Å². The van der Waals surface area contributed by atoms with E-state index in [1.54, 1.807) is 18.2 Å². The number of ether oxygens (including phenoxy) is 1. The van der Waals surface area contributed by atoms with Crippen LogP contribution in [0.5, 0.6) is 5.75 Å². The van der Waals surface area contributed by atoms with E-state index in [4.69, 9.17) is 27.9 Å². The average Bonchev–Trinajstić information content (AvgIpc) is 3.03. The molecule has 0 aliphatic carbocycles. The summed E-state index contributed by atoms with van der Waals surface area (Å²) < 4.78 is 5.42. The molecule has 1 fully saturated rings. The van der Waals surface area contributed by atoms with Gasteiger partial charge in [0.2, 0.25) is 0 Å². The van der Waals surface area contributed by atoms with Gasteiger partial charge in [0.15, 0.2) is 11.7 Å². The topological polar surface area (TPSA) is 54.5 Å². The number of thiazole rings is 1. The largest absolute Gasteiger partial charge is 0.482 e. The van der Waals surface area contributed by atoms with Crippen molar-refractivity contribution in [2.75, 3.05) is 25.0 Å². The molecule has 134 valence electrons. The highest BCUT2D eigenvalue weighted by atomic mass is 35.5. The van der Waals surface area contributed by atoms with Gasteiger partial charge >= 0.3 is 0 Å². The van der Waals surface area contributed by atoms with E-state index in [0.717, 1.165) is 25.3 Å². The number of benzene rings is 1. The first-order chi connectivity index (χ1) is 12.1. The second kappa shape index (κ2) is 8.85. The molecule has 1 aromatic heterocycles. The lowest BCUT2D eigenvalue weighted by Gasteiger charge is -2.25. The number of nitrogens with one attached hydrogen (secondary N) is 1. The number of anilines is 1. The number of aromatic nitrogens is 1. The molecule has 3 rings (SSSR count). The highest BCUT2D eigenvalue weighted by Gasteiger charge is 2.13. The van der Waals surface area contributed by atoms with Gasteiger partial charge < -0.3 is 4.74 Å². The van der Waals surface area contributed by atoms with Crippen molar-refractivity contribution in [2.24, 2.45) is 0 Å². The summed E-state index contributed by atoms with van der Waals surface area (Å²) >= 11 is 13.3. The third-order valence-corrected chi connectivity index (χ3v) is 5.24. The van der Waals surface area contributed by atoms with Crippen LogP contribution in [0.1, 0.15) is 25.0 Å². The Morgan fingerprint density at radius 2 is 2.08 bits per heavy atom. The van der Waals surface area contributed by atoms with E-state index < -0.39 is 0 Å². The lowest BCUT2D eigenvalue weighted by atomic mass is 10.1. The number of nitrogens with zero attached hydrogens (tertiary/aromatic N) is 2. The maximum Gasteiger partial charge on any atom is 0.264 e. The fourth-order valence-corrected chi connectivity index (χ4v) is 3.72. The molecule has 1 aliphatic heterocycles. The summed E-state index contributed by atoms with van der Waals surface area (Å²) in [6.07, 6.45) is 3.81. The highest BCUT2D eigenvalue weighted by Crippen LogP contribution is 2.27. The zero-order valence-corrected chi connectivity index (χ0v) is 16.0. The molecule has 8 heteroatoms. The molecule has 5 nitrogen and oxygen atoms in total. The van der Waals surface area contributed by atoms with Crippen LogP contribution in [0.3, 0.4) is 0 Å². The maximum atomic E-state index is 12.0. The summed E-state index contributed by atoms with van der Waals surface area (Å²) in [4.78, 5) is 18.9. The Bertz CT molecular complexity index is 732. The molecule has 0 saturated carbocycles. The second-order valence-electron chi connectivity index (χ2n) is 5.89. The first-order valence-electron chi connectivity index (χ1n) is 8.14. The van der Waals surface area contributed by atoms with E-state index in [1.165, 1.54) is 30.6 Å². The first-order valence-corrected chi connectivity index (χ1v) is 9.78. The predicted molar refractivity (Wildman–Crippen MR) is 102 cm³/mol. The zero-order valence-electron chi connectivity index (χ0n) is 13.6. The fraction of sp³-hybridized carbons (Fsp3) is 0.412. The van der Waals surface area contributed by atoms with E-state index in [2.05, 4.69) is 15.2 Å². The molecule has 2 heterocycles. The summed E-state index contributed by atoms with van der Waals surface area (Å²) in [5.74, 6) is 0.101. The molecule has 0 atom stereocenters. The molecule has 1 amide bonds. The van der Waals surface area contributed by atoms with E-state index >= 15 is 0 Å². The molecule has 0 unspecified atom stereocenters. The van der Waals surface area contributed by atoms with E-state index in [1.807, 2.05) is 5.38 Å². The van der Waals surface area contributed by atoms with Crippen molar-refractivity contribution in [3.05, 3.63) is 39.3 Å². The van der Waals surface area contributed by atoms with Gasteiger partial charge in [-0.05, 0) is 38.1 Å². The van der Waals surface area contributed by atoms with Crippen LogP contribution in [0.2, 0.25) is 10.0 Å². The van der Waals surface area contributed by atoms with Crippen molar-refractivity contribution >= 4 is 45.6 Å². The van der Waals surface area contributed by atoms with E-state index in [9.17, 15) is 4.79 Å². The quantitative estimate of drug-likeness (QED) is 0.778. The van der Waals surface area contributed by atoms with Crippen LogP contribution in [-0.2, 0) is 11.3 Å². The number of likely N-dealkylation sites (tertiary alicyclic amines) is 1. The molecule has 1 aromatic carbocycles. The Hall–Kier alpha value is -1.34. The SMILES string of the molecule is O=C(COc1cc(Cl)ccc1Cl)Nc1nc(CN2CCCCC2)cs1. The monoisotopic (exact) mass is 399 g/mol. The Kier molecular flexibility index (Phi) is 6.53. The number of rotatable bonds is 6. The van der Waals surface area contributed by atoms with Crippen molar-refractivity contribution in [3.8, 4) is 5.75 Å². The lowest BCUT2D eigenvalue weighted by Crippen LogP contribution is -2.29. The fourth-order valence-electron chi connectivity index (χ4n) is 2.67. The summed E-state index contributed by atoms with van der Waals surface area (Å²) in [6, 6.07) is 4.87. The van der Waals surface area contributed by atoms with Crippen LogP contribution in [0.25, 0.3) is 0 Å². The first kappa shape index (κ1) is 18.5. The van der Waals surface area contributed by atoms with Gasteiger partial charge in [-0.2, -0.15) is 0 Å². The van der Waals surface area contributed by atoms with E-state index in [0.29, 0.717) is 20.9 Å². The van der Waals surface area contributed by atoms with Crippen LogP contribution in [0.4, 0.5) is 5.13 Å². The molecular weight excluding hydrogens is 381 g/mol. The summed E-state index contributed by atoms with van der Waals surface area (Å²) in [6.45, 7) is 2.92. The Morgan fingerprint density at radius 1 is 1.28 bits per heavy atom. The van der Waals surface area contributed by atoms with Gasteiger partial charge in [0.05, 0.1) is 10.7 Å². The van der Waals surface area contributed by atoms with Crippen LogP contribution in [0.15, 0.2) is 23.6 Å². The van der Waals surface area contributed by atoms with Gasteiger partial charge in [-0.1, -0.05) is 29.6 Å². The van der Waals surface area contributed by atoms with Crippen molar-refractivity contribution < 1.29 is 9.53 Å². The zero-order chi connectivity index (χ0) is 17.6. The van der Waals surface area contributed by atoms with Crippen molar-refractivity contribution in [2.45, 2.75) is 25.8 Å². The van der Waals surface area contributed by atoms with Crippen LogP contribution >= 0.6 is 34.5 Å². The number of halogens is 2. The lowest BCUT2D eigenvalue weighted by molar-refractivity contribution is -0.118. The second-order valence-corrected chi connectivity index (χ2v) is 7.59. The summed E-state index contributed by atoms with van der Waals surface area (Å²) in [5, 5.41) is 6.23. The molecule has 1 N–H and O–H groups in total. The number of carbonyl (C=O) groups excluding carboxylic acids is 1. The van der Waals surface area contributed by atoms with Crippen molar-refractivity contribution in [1.82, 2.24) is 9.88 Å². The smallest absolute Gasteiger partial charge is 0.264 e. The maximum absolute atomic E-state index is 12.0. The Morgan fingerprint density at radius 3 is 2.88 bits per heavy atom. The van der Waals surface area contributed by atoms with Gasteiger partial charge in [0.25, 0.3) is 5.91 Å². The minimum absolute atomic E-state index is 0.152. The van der Waals surface area contributed by atoms with Gasteiger partial charge in [-0.15, -0.1) is 11.3 Å². The van der Waals surface area contributed by atoms with Gasteiger partial charge in [-0.25, -0.2) is 4.98 Å². The highest BCUT2D eigenvalue weighted by molar-refractivity contribution is 7.13. The van der Waals surface area contributed by atoms with E-state index in [-0.39, 0.29) is 12.5 Å². The number of hydrogen-bond acceptors (Lipinski definition) is 5. The summed E-state index contributed by atoms with van der Waals surface area (Å²) in [7, 11) is 0. The van der Waals surface area contributed by atoms with Crippen molar-refractivity contribution in [3.63, 3.8) is 0 Å². The molecular formula is C17H19Cl2N3O2S. The number of amides is 1. The molecule has 2 aromatic rings. The Labute approximate surface area is 160 Å². The molecule has 1 aliphatic rings. The standard InChI is InChI=1S/C17H19Cl2N3O2S/c18-12-4-5-14(19)15(8-12)24-10-16(23)21-17-20-13(11-25-17)9-22-6-2-1-3-7-22/h4-5,8,11H,1-3,6-7,9-10H2,(H,20,21,23). The summed E-state index contributed by atoms with van der Waals surface area (Å²) in [5.41, 5.74) is 0.987. The van der Waals surface area contributed by atoms with Gasteiger partial charge in [0.1, 0.15) is 5.75 Å². The predicted octanol–water partition coefficient (Wildman–Crippen LogP) is 4.45. The molecule has 0 bridgehead atoms. The van der Waals surface area contributed by atoms with Crippen LogP contribution in [0, 0.1) is 0 Å². The Balaban J connectivity index is 1.48. The molecule has 25 heavy (non-hydrogen) atoms. The minimum Gasteiger partial charge on any atom is -0.482 e. The number of hydrogen-bond donors (Lipinski definition) is 1.